The van der Waals surface area contributed by atoms with E-state index >= 15 is 0 Å². The van der Waals surface area contributed by atoms with Crippen LogP contribution in [0.25, 0.3) is 11.1 Å². The molecule has 2 N–H and O–H groups in total. The predicted octanol–water partition coefficient (Wildman–Crippen LogP) is 2.57. The summed E-state index contributed by atoms with van der Waals surface area (Å²) in [6, 6.07) is 13.9. The maximum absolute atomic E-state index is 11.5. The van der Waals surface area contributed by atoms with Gasteiger partial charge in [0, 0.05) is 5.56 Å². The van der Waals surface area contributed by atoms with E-state index in [0.717, 1.165) is 5.56 Å². The van der Waals surface area contributed by atoms with E-state index in [1.165, 1.54) is 12.1 Å². The number of nitrogens with two attached hydrogens (primary N) is 1. The van der Waals surface area contributed by atoms with E-state index in [0.29, 0.717) is 17.9 Å². The molecule has 0 aliphatic heterocycles. The van der Waals surface area contributed by atoms with E-state index in [-0.39, 0.29) is 4.90 Å². The van der Waals surface area contributed by atoms with Crippen molar-refractivity contribution in [2.45, 2.75) is 4.90 Å². The molecule has 0 heterocycles. The van der Waals surface area contributed by atoms with E-state index in [9.17, 15) is 8.42 Å². The first-order valence-electron chi connectivity index (χ1n) is 5.98. The van der Waals surface area contributed by atoms with E-state index in [1.807, 2.05) is 30.3 Å². The average Bonchev–Trinajstić information content (AvgIpc) is 2.45. The van der Waals surface area contributed by atoms with Gasteiger partial charge in [-0.15, -0.1) is 0 Å². The van der Waals surface area contributed by atoms with Crippen molar-refractivity contribution in [1.82, 2.24) is 0 Å². The molecule has 0 saturated carbocycles. The molecule has 5 heteroatoms. The van der Waals surface area contributed by atoms with Crippen molar-refractivity contribution < 1.29 is 13.2 Å². The first-order valence-corrected chi connectivity index (χ1v) is 7.53. The van der Waals surface area contributed by atoms with Gasteiger partial charge in [-0.3, -0.25) is 0 Å². The number of primary sulfonamides is 1. The zero-order valence-electron chi connectivity index (χ0n) is 10.8. The van der Waals surface area contributed by atoms with Gasteiger partial charge in [-0.2, -0.15) is 0 Å². The van der Waals surface area contributed by atoms with Crippen LogP contribution in [0.1, 0.15) is 0 Å². The average molecular weight is 289 g/mol. The molecule has 0 aromatic heterocycles. The van der Waals surface area contributed by atoms with Crippen molar-refractivity contribution in [1.29, 1.82) is 0 Å². The number of hydrogen-bond acceptors (Lipinski definition) is 3. The van der Waals surface area contributed by atoms with Gasteiger partial charge in [0.2, 0.25) is 10.0 Å². The Balaban J connectivity index is 2.57. The van der Waals surface area contributed by atoms with Crippen LogP contribution in [0.3, 0.4) is 0 Å². The third-order valence-corrected chi connectivity index (χ3v) is 3.63. The van der Waals surface area contributed by atoms with Crippen LogP contribution in [0, 0.1) is 0 Å². The van der Waals surface area contributed by atoms with Crippen LogP contribution < -0.4 is 9.88 Å². The summed E-state index contributed by atoms with van der Waals surface area (Å²) in [5, 5.41) is 5.17. The van der Waals surface area contributed by atoms with E-state index in [4.69, 9.17) is 9.88 Å². The fraction of sp³-hybridized carbons (Fsp3) is 0.0667. The molecule has 20 heavy (non-hydrogen) atoms. The van der Waals surface area contributed by atoms with Crippen molar-refractivity contribution in [3.05, 3.63) is 61.2 Å². The summed E-state index contributed by atoms with van der Waals surface area (Å²) in [7, 11) is -3.75. The fourth-order valence-corrected chi connectivity index (χ4v) is 2.34. The molecule has 104 valence electrons. The molecule has 2 aromatic carbocycles. The minimum atomic E-state index is -3.75. The highest BCUT2D eigenvalue weighted by Gasteiger charge is 2.13. The first-order chi connectivity index (χ1) is 9.52. The Morgan fingerprint density at radius 3 is 2.45 bits per heavy atom. The van der Waals surface area contributed by atoms with Gasteiger partial charge in [0.1, 0.15) is 12.4 Å². The van der Waals surface area contributed by atoms with Gasteiger partial charge in [0.15, 0.2) is 0 Å². The Labute approximate surface area is 118 Å². The minimum absolute atomic E-state index is 0.0577. The summed E-state index contributed by atoms with van der Waals surface area (Å²) < 4.78 is 28.5. The third kappa shape index (κ3) is 3.26. The largest absolute Gasteiger partial charge is 0.489 e. The monoisotopic (exact) mass is 289 g/mol. The molecule has 0 radical (unpaired) electrons. The van der Waals surface area contributed by atoms with Gasteiger partial charge in [-0.1, -0.05) is 43.0 Å². The predicted molar refractivity (Wildman–Crippen MR) is 78.9 cm³/mol. The zero-order chi connectivity index (χ0) is 14.6. The molecule has 0 amide bonds. The van der Waals surface area contributed by atoms with Crippen LogP contribution in [-0.4, -0.2) is 15.0 Å². The maximum atomic E-state index is 11.5. The second-order valence-electron chi connectivity index (χ2n) is 4.17. The number of benzene rings is 2. The summed E-state index contributed by atoms with van der Waals surface area (Å²) in [6.07, 6.45) is 1.63. The lowest BCUT2D eigenvalue weighted by atomic mass is 10.0. The quantitative estimate of drug-likeness (QED) is 0.860. The Morgan fingerprint density at radius 1 is 1.15 bits per heavy atom. The Hall–Kier alpha value is -2.11. The Kier molecular flexibility index (Phi) is 4.22. The number of hydrogen-bond donors (Lipinski definition) is 1. The highest BCUT2D eigenvalue weighted by molar-refractivity contribution is 7.89. The summed E-state index contributed by atoms with van der Waals surface area (Å²) in [5.41, 5.74) is 1.54. The lowest BCUT2D eigenvalue weighted by molar-refractivity contribution is 0.364. The Morgan fingerprint density at radius 2 is 1.85 bits per heavy atom. The SMILES string of the molecule is C=CCOc1ccc(S(N)(=O)=O)cc1-c1ccccc1. The van der Waals surface area contributed by atoms with Gasteiger partial charge in [-0.25, -0.2) is 13.6 Å². The van der Waals surface area contributed by atoms with Crippen molar-refractivity contribution in [3.8, 4) is 16.9 Å². The first kappa shape index (κ1) is 14.3. The summed E-state index contributed by atoms with van der Waals surface area (Å²) >= 11 is 0. The van der Waals surface area contributed by atoms with Crippen molar-refractivity contribution in [3.63, 3.8) is 0 Å². The van der Waals surface area contributed by atoms with Gasteiger partial charge < -0.3 is 4.74 Å². The van der Waals surface area contributed by atoms with Crippen LogP contribution in [0.4, 0.5) is 0 Å². The van der Waals surface area contributed by atoms with Crippen LogP contribution in [0.2, 0.25) is 0 Å². The molecule has 0 saturated heterocycles. The zero-order valence-corrected chi connectivity index (χ0v) is 11.6. The molecule has 0 fully saturated rings. The highest BCUT2D eigenvalue weighted by Crippen LogP contribution is 2.32. The fourth-order valence-electron chi connectivity index (χ4n) is 1.80. The molecule has 2 rings (SSSR count). The third-order valence-electron chi connectivity index (χ3n) is 2.72. The molecule has 0 spiro atoms. The van der Waals surface area contributed by atoms with Crippen molar-refractivity contribution in [2.24, 2.45) is 5.14 Å². The smallest absolute Gasteiger partial charge is 0.238 e. The van der Waals surface area contributed by atoms with Gasteiger partial charge in [0.25, 0.3) is 0 Å². The van der Waals surface area contributed by atoms with E-state index in [2.05, 4.69) is 6.58 Å². The summed E-state index contributed by atoms with van der Waals surface area (Å²) in [4.78, 5) is 0.0577. The van der Waals surface area contributed by atoms with Crippen LogP contribution in [-0.2, 0) is 10.0 Å². The molecule has 0 atom stereocenters. The highest BCUT2D eigenvalue weighted by atomic mass is 32.2. The lowest BCUT2D eigenvalue weighted by Crippen LogP contribution is -2.12. The molecule has 0 bridgehead atoms. The molecular weight excluding hydrogens is 274 g/mol. The number of rotatable bonds is 5. The van der Waals surface area contributed by atoms with Crippen LogP contribution in [0.15, 0.2) is 66.1 Å². The molecule has 0 aliphatic carbocycles. The normalized spacial score (nSPS) is 11.1. The second kappa shape index (κ2) is 5.90. The molecule has 2 aromatic rings. The van der Waals surface area contributed by atoms with E-state index < -0.39 is 10.0 Å². The molecule has 0 aliphatic rings. The van der Waals surface area contributed by atoms with Crippen LogP contribution >= 0.6 is 0 Å². The van der Waals surface area contributed by atoms with Crippen molar-refractivity contribution in [2.75, 3.05) is 6.61 Å². The number of ether oxygens (including phenoxy) is 1. The maximum Gasteiger partial charge on any atom is 0.238 e. The molecule has 4 nitrogen and oxygen atoms in total. The minimum Gasteiger partial charge on any atom is -0.489 e. The van der Waals surface area contributed by atoms with E-state index in [1.54, 1.807) is 12.1 Å². The van der Waals surface area contributed by atoms with Gasteiger partial charge in [-0.05, 0) is 23.8 Å². The molecule has 0 unspecified atom stereocenters. The molecular formula is C15H15NO3S. The second-order valence-corrected chi connectivity index (χ2v) is 5.73. The van der Waals surface area contributed by atoms with Crippen LogP contribution in [0.5, 0.6) is 5.75 Å². The summed E-state index contributed by atoms with van der Waals surface area (Å²) in [6.45, 7) is 3.94. The summed E-state index contributed by atoms with van der Waals surface area (Å²) in [5.74, 6) is 0.587. The van der Waals surface area contributed by atoms with Crippen molar-refractivity contribution >= 4 is 10.0 Å². The Bertz CT molecular complexity index is 709. The lowest BCUT2D eigenvalue weighted by Gasteiger charge is -2.12. The van der Waals surface area contributed by atoms with Gasteiger partial charge in [0.05, 0.1) is 4.90 Å². The number of sulfonamides is 1. The topological polar surface area (TPSA) is 69.4 Å². The van der Waals surface area contributed by atoms with Gasteiger partial charge >= 0.3 is 0 Å². The standard InChI is InChI=1S/C15H15NO3S/c1-2-10-19-15-9-8-13(20(16,17)18)11-14(15)12-6-4-3-5-7-12/h2-9,11H,1,10H2,(H2,16,17,18).